The lowest BCUT2D eigenvalue weighted by Gasteiger charge is -2.37. The molecule has 2 aliphatic rings. The first-order chi connectivity index (χ1) is 11.8. The number of rotatable bonds is 5. The van der Waals surface area contributed by atoms with E-state index >= 15 is 0 Å². The zero-order valence-electron chi connectivity index (χ0n) is 14.3. The smallest absolute Gasteiger partial charge is 0.160 e. The second kappa shape index (κ2) is 8.89. The predicted octanol–water partition coefficient (Wildman–Crippen LogP) is 5.10. The summed E-state index contributed by atoms with van der Waals surface area (Å²) in [6.45, 7) is 4.16. The molecule has 0 aromatic heterocycles. The van der Waals surface area contributed by atoms with Crippen molar-refractivity contribution in [3.05, 3.63) is 41.4 Å². The number of allylic oxidation sites excluding steroid dienone is 1. The summed E-state index contributed by atoms with van der Waals surface area (Å²) in [6, 6.07) is 8.28. The topological polar surface area (TPSA) is 27.7 Å². The third kappa shape index (κ3) is 4.53. The Morgan fingerprint density at radius 1 is 1.08 bits per heavy atom. The van der Waals surface area contributed by atoms with Gasteiger partial charge in [-0.25, -0.2) is 0 Å². The number of hydrogen-bond donors (Lipinski definition) is 0. The molecule has 0 N–H and O–H groups in total. The number of benzene rings is 1. The molecule has 1 saturated heterocycles. The maximum Gasteiger partial charge on any atom is 0.160 e. The van der Waals surface area contributed by atoms with Gasteiger partial charge in [0, 0.05) is 17.4 Å². The summed E-state index contributed by atoms with van der Waals surface area (Å²) in [5, 5.41) is 0. The molecule has 1 aliphatic heterocycles. The van der Waals surface area contributed by atoms with Crippen LogP contribution in [0.3, 0.4) is 0 Å². The van der Waals surface area contributed by atoms with Crippen molar-refractivity contribution in [3.8, 4) is 5.75 Å². The highest BCUT2D eigenvalue weighted by atomic mass is 35.5. The highest BCUT2D eigenvalue weighted by molar-refractivity contribution is 6.25. The fraction of sp³-hybridized carbons (Fsp3) is 0.600. The molecule has 1 aromatic carbocycles. The Morgan fingerprint density at radius 3 is 2.33 bits per heavy atom. The van der Waals surface area contributed by atoms with Crippen molar-refractivity contribution in [1.82, 2.24) is 0 Å². The van der Waals surface area contributed by atoms with Crippen LogP contribution in [0.1, 0.15) is 44.1 Å². The van der Waals surface area contributed by atoms with Crippen molar-refractivity contribution in [1.29, 1.82) is 0 Å². The van der Waals surface area contributed by atoms with Gasteiger partial charge in [-0.2, -0.15) is 0 Å². The van der Waals surface area contributed by atoms with Gasteiger partial charge in [0.25, 0.3) is 0 Å². The van der Waals surface area contributed by atoms with Gasteiger partial charge >= 0.3 is 0 Å². The van der Waals surface area contributed by atoms with E-state index in [2.05, 4.69) is 18.2 Å². The van der Waals surface area contributed by atoms with E-state index in [4.69, 9.17) is 25.8 Å². The van der Waals surface area contributed by atoms with Crippen molar-refractivity contribution in [2.24, 2.45) is 11.8 Å². The third-order valence-electron chi connectivity index (χ3n) is 5.13. The fourth-order valence-corrected chi connectivity index (χ4v) is 3.90. The van der Waals surface area contributed by atoms with Gasteiger partial charge in [-0.05, 0) is 56.2 Å². The quantitative estimate of drug-likeness (QED) is 0.739. The van der Waals surface area contributed by atoms with Crippen LogP contribution in [0.2, 0.25) is 0 Å². The molecule has 0 spiro atoms. The van der Waals surface area contributed by atoms with Gasteiger partial charge in [0.15, 0.2) is 6.29 Å². The van der Waals surface area contributed by atoms with Crippen LogP contribution in [-0.4, -0.2) is 26.1 Å². The van der Waals surface area contributed by atoms with Crippen molar-refractivity contribution in [3.63, 3.8) is 0 Å². The largest absolute Gasteiger partial charge is 0.494 e. The van der Waals surface area contributed by atoms with Gasteiger partial charge in [0.2, 0.25) is 0 Å². The second-order valence-electron chi connectivity index (χ2n) is 6.73. The average molecular weight is 351 g/mol. The summed E-state index contributed by atoms with van der Waals surface area (Å²) >= 11 is 5.68. The van der Waals surface area contributed by atoms with Gasteiger partial charge in [-0.15, -0.1) is 0 Å². The van der Waals surface area contributed by atoms with Crippen molar-refractivity contribution < 1.29 is 14.2 Å². The molecule has 24 heavy (non-hydrogen) atoms. The van der Waals surface area contributed by atoms with Crippen LogP contribution in [0.15, 0.2) is 35.9 Å². The summed E-state index contributed by atoms with van der Waals surface area (Å²) < 4.78 is 17.6. The van der Waals surface area contributed by atoms with Crippen LogP contribution >= 0.6 is 11.6 Å². The first-order valence-corrected chi connectivity index (χ1v) is 9.46. The Labute approximate surface area is 149 Å². The first-order valence-electron chi connectivity index (χ1n) is 9.03. The summed E-state index contributed by atoms with van der Waals surface area (Å²) in [4.78, 5) is 0. The zero-order chi connectivity index (χ0) is 16.8. The van der Waals surface area contributed by atoms with Crippen molar-refractivity contribution in [2.75, 3.05) is 19.8 Å². The van der Waals surface area contributed by atoms with Crippen molar-refractivity contribution in [2.45, 2.75) is 44.8 Å². The zero-order valence-corrected chi connectivity index (χ0v) is 15.1. The lowest BCUT2D eigenvalue weighted by atomic mass is 9.81. The summed E-state index contributed by atoms with van der Waals surface area (Å²) in [6.07, 6.45) is 6.75. The van der Waals surface area contributed by atoms with E-state index in [0.717, 1.165) is 31.8 Å². The van der Waals surface area contributed by atoms with Gasteiger partial charge in [0.1, 0.15) is 5.75 Å². The van der Waals surface area contributed by atoms with E-state index < -0.39 is 0 Å². The lowest BCUT2D eigenvalue weighted by Crippen LogP contribution is -2.37. The Morgan fingerprint density at radius 2 is 1.75 bits per heavy atom. The van der Waals surface area contributed by atoms with Crippen LogP contribution < -0.4 is 4.74 Å². The molecule has 132 valence electrons. The Kier molecular flexibility index (Phi) is 6.59. The minimum Gasteiger partial charge on any atom is -0.494 e. The van der Waals surface area contributed by atoms with Crippen LogP contribution in [0.25, 0.3) is 0 Å². The monoisotopic (exact) mass is 350 g/mol. The maximum absolute atomic E-state index is 6.06. The molecule has 3 nitrogen and oxygen atoms in total. The fourth-order valence-electron chi connectivity index (χ4n) is 3.70. The Bertz CT molecular complexity index is 512. The molecule has 1 aromatic rings. The minimum absolute atomic E-state index is 0.0371. The minimum atomic E-state index is -0.0371. The number of halogens is 1. The van der Waals surface area contributed by atoms with E-state index in [1.165, 1.54) is 18.4 Å². The number of hydrogen-bond acceptors (Lipinski definition) is 3. The standard InChI is InChI=1S/C20H27ClO3/c1-2-22-19-9-7-16(8-10-19)18-13-23-20(24-14-18)17-5-3-15(4-6-17)11-12-21/h7-12,15,17-18,20H,2-6,13-14H2,1H3. The van der Waals surface area contributed by atoms with Gasteiger partial charge < -0.3 is 14.2 Å². The molecule has 1 heterocycles. The van der Waals surface area contributed by atoms with Crippen molar-refractivity contribution >= 4 is 11.6 Å². The SMILES string of the molecule is CCOc1ccc(C2COC(C3CCC(C=CCl)CC3)OC2)cc1. The second-order valence-corrected chi connectivity index (χ2v) is 6.98. The summed E-state index contributed by atoms with van der Waals surface area (Å²) in [7, 11) is 0. The van der Waals surface area contributed by atoms with E-state index in [0.29, 0.717) is 24.4 Å². The van der Waals surface area contributed by atoms with Gasteiger partial charge in [-0.3, -0.25) is 0 Å². The maximum atomic E-state index is 6.06. The summed E-state index contributed by atoms with van der Waals surface area (Å²) in [5.41, 5.74) is 2.91. The molecular weight excluding hydrogens is 324 g/mol. The molecule has 3 rings (SSSR count). The van der Waals surface area contributed by atoms with Crippen LogP contribution in [0, 0.1) is 11.8 Å². The molecular formula is C20H27ClO3. The number of ether oxygens (including phenoxy) is 3. The molecule has 0 bridgehead atoms. The van der Waals surface area contributed by atoms with E-state index in [1.54, 1.807) is 5.54 Å². The highest BCUT2D eigenvalue weighted by Crippen LogP contribution is 2.35. The third-order valence-corrected chi connectivity index (χ3v) is 5.28. The van der Waals surface area contributed by atoms with Gasteiger partial charge in [-0.1, -0.05) is 29.8 Å². The molecule has 0 unspecified atom stereocenters. The average Bonchev–Trinajstić information content (AvgIpc) is 2.64. The molecule has 0 atom stereocenters. The first kappa shape index (κ1) is 17.8. The van der Waals surface area contributed by atoms with Crippen LogP contribution in [0.5, 0.6) is 5.75 Å². The Hall–Kier alpha value is -1.03. The normalized spacial score (nSPS) is 31.2. The van der Waals surface area contributed by atoms with E-state index in [9.17, 15) is 0 Å². The molecule has 0 amide bonds. The van der Waals surface area contributed by atoms with Gasteiger partial charge in [0.05, 0.1) is 19.8 Å². The molecule has 0 radical (unpaired) electrons. The summed E-state index contributed by atoms with van der Waals surface area (Å²) in [5.74, 6) is 2.37. The predicted molar refractivity (Wildman–Crippen MR) is 96.5 cm³/mol. The molecule has 4 heteroatoms. The highest BCUT2D eigenvalue weighted by Gasteiger charge is 2.32. The molecule has 2 fully saturated rings. The van der Waals surface area contributed by atoms with E-state index in [-0.39, 0.29) is 6.29 Å². The molecule has 1 saturated carbocycles. The lowest BCUT2D eigenvalue weighted by molar-refractivity contribution is -0.217. The Balaban J connectivity index is 1.47. The van der Waals surface area contributed by atoms with E-state index in [1.807, 2.05) is 19.1 Å². The van der Waals surface area contributed by atoms with Crippen LogP contribution in [-0.2, 0) is 9.47 Å². The van der Waals surface area contributed by atoms with Crippen LogP contribution in [0.4, 0.5) is 0 Å². The molecule has 1 aliphatic carbocycles.